The third-order valence-electron chi connectivity index (χ3n) is 1.34. The van der Waals surface area contributed by atoms with E-state index in [0.29, 0.717) is 0 Å². The number of hydrogen-bond acceptors (Lipinski definition) is 4. The molecule has 0 saturated heterocycles. The summed E-state index contributed by atoms with van der Waals surface area (Å²) in [6, 6.07) is 0. The number of rotatable bonds is 4. The second-order valence-corrected chi connectivity index (χ2v) is 2.36. The number of nitrogens with zero attached hydrogens (tertiary/aromatic N) is 1. The first-order valence-electron chi connectivity index (χ1n) is 3.38. The van der Waals surface area contributed by atoms with Crippen molar-refractivity contribution < 1.29 is 14.4 Å². The minimum Gasteiger partial charge on any atom is -0.399 e. The van der Waals surface area contributed by atoms with Gasteiger partial charge in [0.2, 0.25) is 5.91 Å². The predicted molar refractivity (Wildman–Crippen MR) is 43.5 cm³/mol. The molecule has 5 nitrogen and oxygen atoms in total. The Balaban J connectivity index is 4.63. The summed E-state index contributed by atoms with van der Waals surface area (Å²) in [5.74, 6) is -2.01. The van der Waals surface area contributed by atoms with Crippen molar-refractivity contribution in [2.75, 3.05) is 7.11 Å². The Labute approximate surface area is 70.6 Å². The third-order valence-corrected chi connectivity index (χ3v) is 1.34. The molecule has 1 unspecified atom stereocenters. The molecular weight excluding hydrogens is 160 g/mol. The molecule has 0 aromatic rings. The van der Waals surface area contributed by atoms with Crippen LogP contribution in [0.1, 0.15) is 13.8 Å². The fraction of sp³-hybridized carbons (Fsp3) is 0.571. The number of oxime groups is 1. The van der Waals surface area contributed by atoms with E-state index in [1.165, 1.54) is 21.0 Å². The van der Waals surface area contributed by atoms with E-state index in [0.717, 1.165) is 0 Å². The molecule has 0 rings (SSSR count). The van der Waals surface area contributed by atoms with Gasteiger partial charge in [0.05, 0.1) is 5.71 Å². The Morgan fingerprint density at radius 3 is 2.17 bits per heavy atom. The number of nitrogens with two attached hydrogens (primary N) is 1. The third kappa shape index (κ3) is 2.69. The summed E-state index contributed by atoms with van der Waals surface area (Å²) in [5, 5.41) is 3.46. The second kappa shape index (κ2) is 4.48. The quantitative estimate of drug-likeness (QED) is 0.359. The Morgan fingerprint density at radius 2 is 1.92 bits per heavy atom. The maximum atomic E-state index is 10.9. The van der Waals surface area contributed by atoms with Crippen LogP contribution in [0.25, 0.3) is 0 Å². The Kier molecular flexibility index (Phi) is 3.96. The standard InChI is InChI=1S/C7H12N2O3/c1-4(9-12-3)6(5(2)10)7(8)11/h6H,1-3H3,(H2,8,11)/b9-4+. The molecule has 1 amide bonds. The molecule has 0 heterocycles. The zero-order chi connectivity index (χ0) is 9.72. The normalized spacial score (nSPS) is 13.8. The maximum Gasteiger partial charge on any atom is 0.233 e. The molecule has 5 heteroatoms. The lowest BCUT2D eigenvalue weighted by molar-refractivity contribution is -0.128. The Morgan fingerprint density at radius 1 is 1.42 bits per heavy atom. The molecule has 0 fully saturated rings. The summed E-state index contributed by atoms with van der Waals surface area (Å²) in [4.78, 5) is 26.0. The second-order valence-electron chi connectivity index (χ2n) is 2.36. The molecule has 0 spiro atoms. The zero-order valence-electron chi connectivity index (χ0n) is 7.33. The first-order chi connectivity index (χ1) is 5.50. The molecule has 0 bridgehead atoms. The molecule has 0 aromatic carbocycles. The van der Waals surface area contributed by atoms with E-state index >= 15 is 0 Å². The summed E-state index contributed by atoms with van der Waals surface area (Å²) in [5.41, 5.74) is 5.25. The van der Waals surface area contributed by atoms with Crippen molar-refractivity contribution in [3.63, 3.8) is 0 Å². The number of ketones is 1. The van der Waals surface area contributed by atoms with Gasteiger partial charge in [-0.3, -0.25) is 9.59 Å². The van der Waals surface area contributed by atoms with Gasteiger partial charge in [0.25, 0.3) is 0 Å². The lowest BCUT2D eigenvalue weighted by atomic mass is 10.00. The highest BCUT2D eigenvalue weighted by atomic mass is 16.6. The summed E-state index contributed by atoms with van der Waals surface area (Å²) in [6.45, 7) is 2.80. The van der Waals surface area contributed by atoms with E-state index in [1.807, 2.05) is 0 Å². The molecular formula is C7H12N2O3. The highest BCUT2D eigenvalue weighted by Crippen LogP contribution is 2.01. The highest BCUT2D eigenvalue weighted by Gasteiger charge is 2.24. The highest BCUT2D eigenvalue weighted by molar-refractivity contribution is 6.18. The molecule has 0 aromatic heterocycles. The van der Waals surface area contributed by atoms with E-state index < -0.39 is 11.8 Å². The SMILES string of the molecule is CO/N=C(\C)C(C(C)=O)C(N)=O. The van der Waals surface area contributed by atoms with E-state index in [1.54, 1.807) is 0 Å². The van der Waals surface area contributed by atoms with E-state index in [2.05, 4.69) is 9.99 Å². The van der Waals surface area contributed by atoms with Gasteiger partial charge >= 0.3 is 0 Å². The van der Waals surface area contributed by atoms with Crippen LogP contribution in [0, 0.1) is 5.92 Å². The smallest absolute Gasteiger partial charge is 0.233 e. The van der Waals surface area contributed by atoms with Crippen molar-refractivity contribution in [1.82, 2.24) is 0 Å². The van der Waals surface area contributed by atoms with Crippen LogP contribution in [0.2, 0.25) is 0 Å². The number of carbonyl (C=O) groups is 2. The van der Waals surface area contributed by atoms with Crippen molar-refractivity contribution in [2.24, 2.45) is 16.8 Å². The van der Waals surface area contributed by atoms with Crippen molar-refractivity contribution >= 4 is 17.4 Å². The number of carbonyl (C=O) groups excluding carboxylic acids is 2. The molecule has 0 aliphatic rings. The van der Waals surface area contributed by atoms with Crippen LogP contribution in [-0.4, -0.2) is 24.5 Å². The van der Waals surface area contributed by atoms with Crippen LogP contribution in [0.4, 0.5) is 0 Å². The van der Waals surface area contributed by atoms with Gasteiger partial charge in [-0.05, 0) is 13.8 Å². The number of Topliss-reactive ketones (excluding diaryl/α,β-unsaturated/α-hetero) is 1. The average Bonchev–Trinajstić information content (AvgIpc) is 1.85. The number of primary amides is 1. The monoisotopic (exact) mass is 172 g/mol. The molecule has 0 saturated carbocycles. The largest absolute Gasteiger partial charge is 0.399 e. The van der Waals surface area contributed by atoms with Crippen LogP contribution in [0.5, 0.6) is 0 Å². The summed E-state index contributed by atoms with van der Waals surface area (Å²) in [6.07, 6.45) is 0. The first-order valence-corrected chi connectivity index (χ1v) is 3.38. The van der Waals surface area contributed by atoms with Crippen molar-refractivity contribution in [1.29, 1.82) is 0 Å². The van der Waals surface area contributed by atoms with Gasteiger partial charge in [0.15, 0.2) is 0 Å². The van der Waals surface area contributed by atoms with Crippen LogP contribution in [0.15, 0.2) is 5.16 Å². The van der Waals surface area contributed by atoms with E-state index in [9.17, 15) is 9.59 Å². The van der Waals surface area contributed by atoms with Crippen LogP contribution < -0.4 is 5.73 Å². The van der Waals surface area contributed by atoms with Crippen molar-refractivity contribution in [2.45, 2.75) is 13.8 Å². The van der Waals surface area contributed by atoms with E-state index in [4.69, 9.17) is 5.73 Å². The zero-order valence-corrected chi connectivity index (χ0v) is 7.33. The van der Waals surface area contributed by atoms with E-state index in [-0.39, 0.29) is 11.5 Å². The molecule has 2 N–H and O–H groups in total. The number of hydrogen-bond donors (Lipinski definition) is 1. The fourth-order valence-electron chi connectivity index (χ4n) is 0.897. The summed E-state index contributed by atoms with van der Waals surface area (Å²) < 4.78 is 0. The van der Waals surface area contributed by atoms with Crippen molar-refractivity contribution in [3.05, 3.63) is 0 Å². The maximum absolute atomic E-state index is 10.9. The molecule has 0 aliphatic heterocycles. The minimum absolute atomic E-state index is 0.275. The molecule has 0 aliphatic carbocycles. The van der Waals surface area contributed by atoms with Gasteiger partial charge in [-0.2, -0.15) is 0 Å². The topological polar surface area (TPSA) is 81.8 Å². The lowest BCUT2D eigenvalue weighted by Crippen LogP contribution is -2.34. The summed E-state index contributed by atoms with van der Waals surface area (Å²) >= 11 is 0. The summed E-state index contributed by atoms with van der Waals surface area (Å²) in [7, 11) is 1.34. The Bertz CT molecular complexity index is 209. The lowest BCUT2D eigenvalue weighted by Gasteiger charge is -2.07. The van der Waals surface area contributed by atoms with Crippen LogP contribution in [0.3, 0.4) is 0 Å². The van der Waals surface area contributed by atoms with Gasteiger partial charge in [0.1, 0.15) is 18.8 Å². The molecule has 68 valence electrons. The van der Waals surface area contributed by atoms with Gasteiger partial charge in [-0.1, -0.05) is 5.16 Å². The van der Waals surface area contributed by atoms with Crippen LogP contribution in [-0.2, 0) is 14.4 Å². The van der Waals surface area contributed by atoms with Gasteiger partial charge in [-0.15, -0.1) is 0 Å². The van der Waals surface area contributed by atoms with Gasteiger partial charge in [-0.25, -0.2) is 0 Å². The minimum atomic E-state index is -0.968. The predicted octanol–water partition coefficient (Wildman–Crippen LogP) is -0.301. The first kappa shape index (κ1) is 10.6. The number of amides is 1. The Hall–Kier alpha value is -1.39. The van der Waals surface area contributed by atoms with Crippen LogP contribution >= 0.6 is 0 Å². The molecule has 0 radical (unpaired) electrons. The molecule has 1 atom stereocenters. The fourth-order valence-corrected chi connectivity index (χ4v) is 0.897. The average molecular weight is 172 g/mol. The van der Waals surface area contributed by atoms with Gasteiger partial charge in [0, 0.05) is 0 Å². The van der Waals surface area contributed by atoms with Crippen molar-refractivity contribution in [3.8, 4) is 0 Å². The molecule has 12 heavy (non-hydrogen) atoms. The van der Waals surface area contributed by atoms with Gasteiger partial charge < -0.3 is 10.6 Å².